The second kappa shape index (κ2) is 7.86. The molecule has 1 atom stereocenters. The molecular formula is C14H24NO4+. The van der Waals surface area contributed by atoms with Crippen LogP contribution in [0.4, 0.5) is 0 Å². The van der Waals surface area contributed by atoms with Gasteiger partial charge in [-0.15, -0.1) is 0 Å². The Morgan fingerprint density at radius 3 is 2.21 bits per heavy atom. The van der Waals surface area contributed by atoms with Crippen LogP contribution in [0.2, 0.25) is 0 Å². The molecule has 0 aliphatic rings. The zero-order valence-corrected chi connectivity index (χ0v) is 12.4. The molecule has 0 radical (unpaired) electrons. The van der Waals surface area contributed by atoms with Gasteiger partial charge in [-0.1, -0.05) is 0 Å². The molecule has 1 rings (SSSR count). The SMILES string of the molecule is COCC(C)[NH2+]Cc1ccc(OC)c(OC)c1OC. The van der Waals surface area contributed by atoms with Crippen molar-refractivity contribution in [2.24, 2.45) is 0 Å². The van der Waals surface area contributed by atoms with Crippen LogP contribution in [0.25, 0.3) is 0 Å². The Balaban J connectivity index is 2.89. The number of ether oxygens (including phenoxy) is 4. The third-order valence-corrected chi connectivity index (χ3v) is 2.96. The fourth-order valence-electron chi connectivity index (χ4n) is 1.98. The summed E-state index contributed by atoms with van der Waals surface area (Å²) in [7, 11) is 6.58. The van der Waals surface area contributed by atoms with Crippen LogP contribution in [-0.2, 0) is 11.3 Å². The third-order valence-electron chi connectivity index (χ3n) is 2.96. The number of nitrogens with two attached hydrogens (primary N) is 1. The first-order chi connectivity index (χ1) is 9.17. The van der Waals surface area contributed by atoms with Crippen LogP contribution in [0.1, 0.15) is 12.5 Å². The number of hydrogen-bond donors (Lipinski definition) is 1. The van der Waals surface area contributed by atoms with Crippen LogP contribution in [0.5, 0.6) is 17.2 Å². The van der Waals surface area contributed by atoms with Crippen molar-refractivity contribution in [3.05, 3.63) is 17.7 Å². The summed E-state index contributed by atoms with van der Waals surface area (Å²) in [5.41, 5.74) is 1.07. The standard InChI is InChI=1S/C14H23NO4/c1-10(9-16-2)15-8-11-6-7-12(17-3)14(19-5)13(11)18-4/h6-7,10,15H,8-9H2,1-5H3/p+1. The predicted octanol–water partition coefficient (Wildman–Crippen LogP) is 0.811. The summed E-state index contributed by atoms with van der Waals surface area (Å²) in [6.45, 7) is 3.64. The highest BCUT2D eigenvalue weighted by atomic mass is 16.5. The van der Waals surface area contributed by atoms with E-state index < -0.39 is 0 Å². The average molecular weight is 270 g/mol. The second-order valence-electron chi connectivity index (χ2n) is 4.37. The molecule has 1 aromatic rings. The Bertz CT molecular complexity index is 395. The lowest BCUT2D eigenvalue weighted by Gasteiger charge is -2.16. The summed E-state index contributed by atoms with van der Waals surface area (Å²) in [5, 5.41) is 2.20. The quantitative estimate of drug-likeness (QED) is 0.759. The Hall–Kier alpha value is -1.46. The van der Waals surface area contributed by atoms with Gasteiger partial charge in [-0.25, -0.2) is 0 Å². The lowest BCUT2D eigenvalue weighted by Crippen LogP contribution is -2.88. The Morgan fingerprint density at radius 2 is 1.68 bits per heavy atom. The number of benzene rings is 1. The van der Waals surface area contributed by atoms with E-state index in [0.717, 1.165) is 24.5 Å². The smallest absolute Gasteiger partial charge is 0.203 e. The van der Waals surface area contributed by atoms with Crippen molar-refractivity contribution in [1.29, 1.82) is 0 Å². The van der Waals surface area contributed by atoms with Gasteiger partial charge >= 0.3 is 0 Å². The van der Waals surface area contributed by atoms with Crippen LogP contribution in [0.3, 0.4) is 0 Å². The number of rotatable bonds is 8. The molecule has 1 unspecified atom stereocenters. The van der Waals surface area contributed by atoms with Crippen LogP contribution < -0.4 is 19.5 Å². The normalized spacial score (nSPS) is 12.1. The predicted molar refractivity (Wildman–Crippen MR) is 73.1 cm³/mol. The van der Waals surface area contributed by atoms with E-state index in [0.29, 0.717) is 17.5 Å². The zero-order chi connectivity index (χ0) is 14.3. The van der Waals surface area contributed by atoms with Crippen molar-refractivity contribution in [1.82, 2.24) is 0 Å². The molecule has 0 bridgehead atoms. The molecule has 108 valence electrons. The summed E-state index contributed by atoms with van der Waals surface area (Å²) in [5.74, 6) is 2.03. The largest absolute Gasteiger partial charge is 0.493 e. The molecule has 0 saturated carbocycles. The van der Waals surface area contributed by atoms with Gasteiger partial charge in [-0.3, -0.25) is 0 Å². The van der Waals surface area contributed by atoms with Crippen LogP contribution in [-0.4, -0.2) is 41.1 Å². The molecule has 5 nitrogen and oxygen atoms in total. The topological polar surface area (TPSA) is 53.5 Å². The van der Waals surface area contributed by atoms with E-state index in [-0.39, 0.29) is 0 Å². The van der Waals surface area contributed by atoms with Crippen LogP contribution in [0, 0.1) is 0 Å². The lowest BCUT2D eigenvalue weighted by atomic mass is 10.1. The van der Waals surface area contributed by atoms with Gasteiger partial charge in [0.25, 0.3) is 0 Å². The minimum absolute atomic E-state index is 0.391. The minimum Gasteiger partial charge on any atom is -0.493 e. The van der Waals surface area contributed by atoms with E-state index in [4.69, 9.17) is 18.9 Å². The average Bonchev–Trinajstić information content (AvgIpc) is 2.43. The van der Waals surface area contributed by atoms with Gasteiger partial charge in [0.05, 0.1) is 33.5 Å². The van der Waals surface area contributed by atoms with E-state index in [9.17, 15) is 0 Å². The molecule has 0 amide bonds. The first-order valence-corrected chi connectivity index (χ1v) is 6.28. The van der Waals surface area contributed by atoms with Gasteiger partial charge in [0.15, 0.2) is 11.5 Å². The summed E-state index contributed by atoms with van der Waals surface area (Å²) in [6.07, 6.45) is 0. The highest BCUT2D eigenvalue weighted by Crippen LogP contribution is 2.39. The van der Waals surface area contributed by atoms with Crippen molar-refractivity contribution in [3.8, 4) is 17.2 Å². The van der Waals surface area contributed by atoms with Gasteiger partial charge < -0.3 is 24.3 Å². The van der Waals surface area contributed by atoms with E-state index in [1.165, 1.54) is 0 Å². The van der Waals surface area contributed by atoms with Gasteiger partial charge in [-0.05, 0) is 19.1 Å². The molecule has 0 spiro atoms. The first kappa shape index (κ1) is 15.6. The maximum Gasteiger partial charge on any atom is 0.203 e. The molecule has 0 aliphatic carbocycles. The maximum absolute atomic E-state index is 5.45. The van der Waals surface area contributed by atoms with Crippen LogP contribution in [0.15, 0.2) is 12.1 Å². The van der Waals surface area contributed by atoms with Gasteiger partial charge in [0, 0.05) is 7.11 Å². The molecule has 0 saturated heterocycles. The lowest BCUT2D eigenvalue weighted by molar-refractivity contribution is -0.702. The Morgan fingerprint density at radius 1 is 1.00 bits per heavy atom. The highest BCUT2D eigenvalue weighted by Gasteiger charge is 2.17. The summed E-state index contributed by atoms with van der Waals surface area (Å²) in [4.78, 5) is 0. The minimum atomic E-state index is 0.391. The summed E-state index contributed by atoms with van der Waals surface area (Å²) in [6, 6.07) is 4.28. The summed E-state index contributed by atoms with van der Waals surface area (Å²) >= 11 is 0. The number of hydrogen-bond acceptors (Lipinski definition) is 4. The van der Waals surface area contributed by atoms with E-state index in [1.54, 1.807) is 28.4 Å². The van der Waals surface area contributed by atoms with Crippen molar-refractivity contribution >= 4 is 0 Å². The van der Waals surface area contributed by atoms with Crippen molar-refractivity contribution < 1.29 is 24.3 Å². The third kappa shape index (κ3) is 4.01. The molecule has 5 heteroatoms. The monoisotopic (exact) mass is 270 g/mol. The fourth-order valence-corrected chi connectivity index (χ4v) is 1.98. The fraction of sp³-hybridized carbons (Fsp3) is 0.571. The number of methoxy groups -OCH3 is 4. The van der Waals surface area contributed by atoms with E-state index >= 15 is 0 Å². The second-order valence-corrected chi connectivity index (χ2v) is 4.37. The van der Waals surface area contributed by atoms with Gasteiger partial charge in [0.2, 0.25) is 5.75 Å². The molecule has 1 aromatic carbocycles. The Kier molecular flexibility index (Phi) is 6.45. The molecule has 19 heavy (non-hydrogen) atoms. The van der Waals surface area contributed by atoms with Crippen molar-refractivity contribution in [3.63, 3.8) is 0 Å². The maximum atomic E-state index is 5.45. The molecule has 0 heterocycles. The summed E-state index contributed by atoms with van der Waals surface area (Å²) < 4.78 is 21.2. The van der Waals surface area contributed by atoms with Crippen molar-refractivity contribution in [2.45, 2.75) is 19.5 Å². The molecule has 0 aromatic heterocycles. The van der Waals surface area contributed by atoms with Crippen LogP contribution >= 0.6 is 0 Å². The van der Waals surface area contributed by atoms with E-state index in [2.05, 4.69) is 12.2 Å². The molecule has 0 fully saturated rings. The molecular weight excluding hydrogens is 246 g/mol. The zero-order valence-electron chi connectivity index (χ0n) is 12.4. The molecule has 2 N–H and O–H groups in total. The van der Waals surface area contributed by atoms with Gasteiger partial charge in [0.1, 0.15) is 12.6 Å². The van der Waals surface area contributed by atoms with E-state index in [1.807, 2.05) is 12.1 Å². The Labute approximate surface area is 114 Å². The van der Waals surface area contributed by atoms with Crippen molar-refractivity contribution in [2.75, 3.05) is 35.0 Å². The number of quaternary nitrogens is 1. The first-order valence-electron chi connectivity index (χ1n) is 6.28. The molecule has 0 aliphatic heterocycles. The van der Waals surface area contributed by atoms with Gasteiger partial charge in [-0.2, -0.15) is 0 Å². The highest BCUT2D eigenvalue weighted by molar-refractivity contribution is 5.55.